The van der Waals surface area contributed by atoms with Crippen LogP contribution >= 0.6 is 11.3 Å². The smallest absolute Gasteiger partial charge is 0.252 e. The molecule has 0 radical (unpaired) electrons. The predicted molar refractivity (Wildman–Crippen MR) is 69.8 cm³/mol. The standard InChI is InChI=1S/C11H19NO3S2/c1-3-8-12(4-2)17(14,15)11-6-5-10(16-11)7-9-13/h5-6,13H,3-4,7-9H2,1-2H3. The molecule has 0 aromatic carbocycles. The molecule has 6 heteroatoms. The van der Waals surface area contributed by atoms with Gasteiger partial charge in [0.25, 0.3) is 10.0 Å². The van der Waals surface area contributed by atoms with E-state index in [1.807, 2.05) is 13.8 Å². The Kier molecular flexibility index (Phi) is 5.58. The normalized spacial score (nSPS) is 12.2. The Hall–Kier alpha value is -0.430. The Morgan fingerprint density at radius 1 is 1.35 bits per heavy atom. The van der Waals surface area contributed by atoms with Crippen molar-refractivity contribution in [3.8, 4) is 0 Å². The first-order chi connectivity index (χ1) is 8.06. The van der Waals surface area contributed by atoms with Crippen LogP contribution in [0.5, 0.6) is 0 Å². The molecule has 0 saturated carbocycles. The van der Waals surface area contributed by atoms with Crippen LogP contribution in [0.3, 0.4) is 0 Å². The van der Waals surface area contributed by atoms with Gasteiger partial charge >= 0.3 is 0 Å². The van der Waals surface area contributed by atoms with Gasteiger partial charge in [-0.25, -0.2) is 8.42 Å². The van der Waals surface area contributed by atoms with Gasteiger partial charge in [0, 0.05) is 31.0 Å². The Bertz CT molecular complexity index is 439. The van der Waals surface area contributed by atoms with Crippen LogP contribution in [-0.4, -0.2) is 37.5 Å². The fraction of sp³-hybridized carbons (Fsp3) is 0.636. The number of thiophene rings is 1. The van der Waals surface area contributed by atoms with Crippen molar-refractivity contribution in [1.82, 2.24) is 4.31 Å². The second-order valence-electron chi connectivity index (χ2n) is 3.69. The molecule has 0 spiro atoms. The first kappa shape index (κ1) is 14.6. The van der Waals surface area contributed by atoms with E-state index in [0.717, 1.165) is 11.3 Å². The third-order valence-corrected chi connectivity index (χ3v) is 6.00. The molecule has 0 amide bonds. The van der Waals surface area contributed by atoms with Gasteiger partial charge in [0.1, 0.15) is 4.21 Å². The molecule has 1 N–H and O–H groups in total. The zero-order chi connectivity index (χ0) is 12.9. The van der Waals surface area contributed by atoms with E-state index in [1.165, 1.54) is 15.6 Å². The Balaban J connectivity index is 2.94. The van der Waals surface area contributed by atoms with Gasteiger partial charge in [-0.15, -0.1) is 11.3 Å². The summed E-state index contributed by atoms with van der Waals surface area (Å²) < 4.78 is 26.3. The number of hydrogen-bond donors (Lipinski definition) is 1. The van der Waals surface area contributed by atoms with Crippen LogP contribution in [0, 0.1) is 0 Å². The molecule has 1 rings (SSSR count). The van der Waals surface area contributed by atoms with E-state index in [9.17, 15) is 8.42 Å². The summed E-state index contributed by atoms with van der Waals surface area (Å²) >= 11 is 1.24. The highest BCUT2D eigenvalue weighted by atomic mass is 32.2. The molecule has 4 nitrogen and oxygen atoms in total. The number of rotatable bonds is 7. The van der Waals surface area contributed by atoms with Crippen molar-refractivity contribution < 1.29 is 13.5 Å². The van der Waals surface area contributed by atoms with Gasteiger partial charge in [-0.1, -0.05) is 13.8 Å². The molecule has 1 aromatic rings. The summed E-state index contributed by atoms with van der Waals surface area (Å²) in [6, 6.07) is 3.40. The molecule has 0 fully saturated rings. The van der Waals surface area contributed by atoms with E-state index in [1.54, 1.807) is 12.1 Å². The average molecular weight is 277 g/mol. The maximum Gasteiger partial charge on any atom is 0.252 e. The summed E-state index contributed by atoms with van der Waals surface area (Å²) in [5, 5.41) is 8.82. The average Bonchev–Trinajstić information content (AvgIpc) is 2.75. The molecule has 0 aliphatic carbocycles. The second-order valence-corrected chi connectivity index (χ2v) is 7.02. The molecule has 0 aliphatic rings. The fourth-order valence-electron chi connectivity index (χ4n) is 1.57. The van der Waals surface area contributed by atoms with Crippen LogP contribution in [-0.2, 0) is 16.4 Å². The monoisotopic (exact) mass is 277 g/mol. The van der Waals surface area contributed by atoms with Gasteiger partial charge in [0.15, 0.2) is 0 Å². The van der Waals surface area contributed by atoms with Crippen LogP contribution in [0.25, 0.3) is 0 Å². The molecule has 0 atom stereocenters. The molecule has 17 heavy (non-hydrogen) atoms. The van der Waals surface area contributed by atoms with Crippen LogP contribution in [0.15, 0.2) is 16.3 Å². The number of nitrogens with zero attached hydrogens (tertiary/aromatic N) is 1. The van der Waals surface area contributed by atoms with Crippen molar-refractivity contribution in [3.05, 3.63) is 17.0 Å². The van der Waals surface area contributed by atoms with E-state index < -0.39 is 10.0 Å². The van der Waals surface area contributed by atoms with Gasteiger partial charge in [-0.3, -0.25) is 0 Å². The lowest BCUT2D eigenvalue weighted by molar-refractivity contribution is 0.300. The van der Waals surface area contributed by atoms with Gasteiger partial charge in [-0.2, -0.15) is 4.31 Å². The summed E-state index contributed by atoms with van der Waals surface area (Å²) in [5.74, 6) is 0. The summed E-state index contributed by atoms with van der Waals surface area (Å²) in [7, 11) is -3.34. The molecule has 0 unspecified atom stereocenters. The zero-order valence-electron chi connectivity index (χ0n) is 10.2. The Labute approximate surface area is 107 Å². The highest BCUT2D eigenvalue weighted by Gasteiger charge is 2.23. The SMILES string of the molecule is CCCN(CC)S(=O)(=O)c1ccc(CCO)s1. The number of sulfonamides is 1. The molecule has 0 aliphatic heterocycles. The van der Waals surface area contributed by atoms with Crippen molar-refractivity contribution in [3.63, 3.8) is 0 Å². The first-order valence-electron chi connectivity index (χ1n) is 5.76. The summed E-state index contributed by atoms with van der Waals surface area (Å²) in [4.78, 5) is 0.902. The van der Waals surface area contributed by atoms with E-state index in [2.05, 4.69) is 0 Å². The van der Waals surface area contributed by atoms with Crippen LogP contribution < -0.4 is 0 Å². The van der Waals surface area contributed by atoms with Gasteiger partial charge in [-0.05, 0) is 18.6 Å². The zero-order valence-corrected chi connectivity index (χ0v) is 11.9. The van der Waals surface area contributed by atoms with Gasteiger partial charge in [0.2, 0.25) is 0 Å². The lowest BCUT2D eigenvalue weighted by Gasteiger charge is -2.18. The molecule has 0 saturated heterocycles. The Morgan fingerprint density at radius 3 is 2.59 bits per heavy atom. The minimum atomic E-state index is -3.34. The molecule has 1 aromatic heterocycles. The van der Waals surface area contributed by atoms with E-state index in [-0.39, 0.29) is 6.61 Å². The largest absolute Gasteiger partial charge is 0.396 e. The molecule has 0 bridgehead atoms. The fourth-order valence-corrected chi connectivity index (χ4v) is 4.61. The minimum absolute atomic E-state index is 0.0481. The van der Waals surface area contributed by atoms with Gasteiger partial charge < -0.3 is 5.11 Å². The number of hydrogen-bond acceptors (Lipinski definition) is 4. The summed E-state index contributed by atoms with van der Waals surface area (Å²) in [6.45, 7) is 4.89. The van der Waals surface area contributed by atoms with Crippen molar-refractivity contribution in [2.45, 2.75) is 30.9 Å². The van der Waals surface area contributed by atoms with Crippen molar-refractivity contribution >= 4 is 21.4 Å². The topological polar surface area (TPSA) is 57.6 Å². The predicted octanol–water partition coefficient (Wildman–Crippen LogP) is 1.70. The summed E-state index contributed by atoms with van der Waals surface area (Å²) in [5.41, 5.74) is 0. The van der Waals surface area contributed by atoms with Crippen molar-refractivity contribution in [2.24, 2.45) is 0 Å². The van der Waals surface area contributed by atoms with E-state index in [0.29, 0.717) is 23.7 Å². The van der Waals surface area contributed by atoms with Gasteiger partial charge in [0.05, 0.1) is 0 Å². The molecule has 98 valence electrons. The van der Waals surface area contributed by atoms with Crippen molar-refractivity contribution in [1.29, 1.82) is 0 Å². The highest BCUT2D eigenvalue weighted by molar-refractivity contribution is 7.91. The molecular formula is C11H19NO3S2. The maximum absolute atomic E-state index is 12.2. The molecule has 1 heterocycles. The minimum Gasteiger partial charge on any atom is -0.396 e. The van der Waals surface area contributed by atoms with E-state index >= 15 is 0 Å². The second kappa shape index (κ2) is 6.49. The summed E-state index contributed by atoms with van der Waals surface area (Å²) in [6.07, 6.45) is 1.32. The number of aliphatic hydroxyl groups is 1. The van der Waals surface area contributed by atoms with Crippen LogP contribution in [0.1, 0.15) is 25.1 Å². The first-order valence-corrected chi connectivity index (χ1v) is 8.01. The molecular weight excluding hydrogens is 258 g/mol. The van der Waals surface area contributed by atoms with Crippen molar-refractivity contribution in [2.75, 3.05) is 19.7 Å². The third-order valence-electron chi connectivity index (χ3n) is 2.42. The highest BCUT2D eigenvalue weighted by Crippen LogP contribution is 2.25. The number of aliphatic hydroxyl groups excluding tert-OH is 1. The quantitative estimate of drug-likeness (QED) is 0.825. The third kappa shape index (κ3) is 3.51. The lowest BCUT2D eigenvalue weighted by Crippen LogP contribution is -2.31. The van der Waals surface area contributed by atoms with Crippen LogP contribution in [0.4, 0.5) is 0 Å². The Morgan fingerprint density at radius 2 is 2.06 bits per heavy atom. The van der Waals surface area contributed by atoms with E-state index in [4.69, 9.17) is 5.11 Å². The maximum atomic E-state index is 12.2. The van der Waals surface area contributed by atoms with Crippen LogP contribution in [0.2, 0.25) is 0 Å². The lowest BCUT2D eigenvalue weighted by atomic mass is 10.4.